The van der Waals surface area contributed by atoms with E-state index in [1.54, 1.807) is 0 Å². The van der Waals surface area contributed by atoms with E-state index in [9.17, 15) is 0 Å². The van der Waals surface area contributed by atoms with Crippen molar-refractivity contribution in [2.75, 3.05) is 13.1 Å². The molecule has 0 radical (unpaired) electrons. The summed E-state index contributed by atoms with van der Waals surface area (Å²) in [5.74, 6) is 0.892. The summed E-state index contributed by atoms with van der Waals surface area (Å²) in [6.07, 6.45) is 6.86. The molecule has 1 aliphatic carbocycles. The van der Waals surface area contributed by atoms with Crippen LogP contribution in [-0.2, 0) is 0 Å². The van der Waals surface area contributed by atoms with Crippen LogP contribution in [0.2, 0.25) is 5.02 Å². The summed E-state index contributed by atoms with van der Waals surface area (Å²) in [6, 6.07) is 7.13. The molecule has 2 N–H and O–H groups in total. The number of nitrogens with two attached hydrogens (primary N) is 1. The lowest BCUT2D eigenvalue weighted by atomic mass is 9.84. The van der Waals surface area contributed by atoms with Gasteiger partial charge in [-0.05, 0) is 49.4 Å². The molecule has 2 aliphatic rings. The molecule has 1 saturated heterocycles. The first-order chi connectivity index (χ1) is 9.70. The van der Waals surface area contributed by atoms with Crippen molar-refractivity contribution in [3.63, 3.8) is 0 Å². The maximum absolute atomic E-state index is 6.12. The van der Waals surface area contributed by atoms with Crippen molar-refractivity contribution in [2.24, 2.45) is 11.7 Å². The fourth-order valence-electron chi connectivity index (χ4n) is 4.04. The predicted octanol–water partition coefficient (Wildman–Crippen LogP) is 4.37. The van der Waals surface area contributed by atoms with Gasteiger partial charge in [-0.15, -0.1) is 0 Å². The Morgan fingerprint density at radius 1 is 1.30 bits per heavy atom. The quantitative estimate of drug-likeness (QED) is 0.870. The molecule has 110 valence electrons. The second-order valence-electron chi connectivity index (χ2n) is 6.06. The Kier molecular flexibility index (Phi) is 4.71. The molecule has 0 aromatic heterocycles. The van der Waals surface area contributed by atoms with Gasteiger partial charge in [0.2, 0.25) is 0 Å². The normalized spacial score (nSPS) is 28.4. The Bertz CT molecular complexity index is 480. The molecule has 1 heterocycles. The third-order valence-electron chi connectivity index (χ3n) is 5.00. The molecule has 3 atom stereocenters. The third-order valence-corrected chi connectivity index (χ3v) is 5.92. The third kappa shape index (κ3) is 2.78. The molecular weight excluding hydrogens is 336 g/mol. The minimum Gasteiger partial charge on any atom is -0.329 e. The lowest BCUT2D eigenvalue weighted by Gasteiger charge is -2.37. The van der Waals surface area contributed by atoms with E-state index in [4.69, 9.17) is 17.3 Å². The Hall–Kier alpha value is -0.0900. The summed E-state index contributed by atoms with van der Waals surface area (Å²) in [4.78, 5) is 2.65. The van der Waals surface area contributed by atoms with Crippen LogP contribution in [0.1, 0.15) is 43.7 Å². The number of rotatable bonds is 3. The van der Waals surface area contributed by atoms with Crippen LogP contribution in [0.3, 0.4) is 0 Å². The Labute approximate surface area is 134 Å². The van der Waals surface area contributed by atoms with Gasteiger partial charge in [-0.1, -0.05) is 46.4 Å². The zero-order chi connectivity index (χ0) is 14.1. The topological polar surface area (TPSA) is 29.3 Å². The van der Waals surface area contributed by atoms with Crippen molar-refractivity contribution in [3.05, 3.63) is 33.3 Å². The van der Waals surface area contributed by atoms with Gasteiger partial charge in [-0.25, -0.2) is 0 Å². The summed E-state index contributed by atoms with van der Waals surface area (Å²) in [6.45, 7) is 1.86. The molecule has 1 saturated carbocycles. The fourth-order valence-corrected chi connectivity index (χ4v) is 4.99. The summed E-state index contributed by atoms with van der Waals surface area (Å²) < 4.78 is 1.08. The maximum atomic E-state index is 6.12. The van der Waals surface area contributed by atoms with Crippen LogP contribution in [0.15, 0.2) is 22.7 Å². The molecule has 3 unspecified atom stereocenters. The van der Waals surface area contributed by atoms with Crippen LogP contribution in [0.25, 0.3) is 0 Å². The number of halogens is 2. The average molecular weight is 358 g/mol. The molecule has 1 aromatic carbocycles. The highest BCUT2D eigenvalue weighted by Gasteiger charge is 2.39. The van der Waals surface area contributed by atoms with Crippen molar-refractivity contribution in [1.82, 2.24) is 4.90 Å². The SMILES string of the molecule is NCC(c1ccc(Cl)cc1Br)N1CCC2CCCCC21. The highest BCUT2D eigenvalue weighted by atomic mass is 79.9. The smallest absolute Gasteiger partial charge is 0.0484 e. The second-order valence-corrected chi connectivity index (χ2v) is 7.35. The van der Waals surface area contributed by atoms with Gasteiger partial charge >= 0.3 is 0 Å². The van der Waals surface area contributed by atoms with Crippen LogP contribution in [0, 0.1) is 5.92 Å². The maximum Gasteiger partial charge on any atom is 0.0484 e. The fraction of sp³-hybridized carbons (Fsp3) is 0.625. The number of benzene rings is 1. The predicted molar refractivity (Wildman–Crippen MR) is 88.0 cm³/mol. The number of hydrogen-bond donors (Lipinski definition) is 1. The molecule has 0 spiro atoms. The molecule has 3 rings (SSSR count). The van der Waals surface area contributed by atoms with E-state index in [0.29, 0.717) is 12.6 Å². The molecule has 0 amide bonds. The van der Waals surface area contributed by atoms with Crippen LogP contribution in [-0.4, -0.2) is 24.0 Å². The van der Waals surface area contributed by atoms with Crippen molar-refractivity contribution < 1.29 is 0 Å². The number of likely N-dealkylation sites (tertiary alicyclic amines) is 1. The largest absolute Gasteiger partial charge is 0.329 e. The summed E-state index contributed by atoms with van der Waals surface area (Å²) in [7, 11) is 0. The van der Waals surface area contributed by atoms with Crippen LogP contribution < -0.4 is 5.73 Å². The lowest BCUT2D eigenvalue weighted by molar-refractivity contribution is 0.135. The van der Waals surface area contributed by atoms with Crippen molar-refractivity contribution in [3.8, 4) is 0 Å². The highest BCUT2D eigenvalue weighted by molar-refractivity contribution is 9.10. The summed E-state index contributed by atoms with van der Waals surface area (Å²) in [5, 5.41) is 0.772. The first-order valence-corrected chi connectivity index (χ1v) is 8.78. The summed E-state index contributed by atoms with van der Waals surface area (Å²) >= 11 is 9.72. The van der Waals surface area contributed by atoms with Crippen LogP contribution in [0.5, 0.6) is 0 Å². The minimum absolute atomic E-state index is 0.315. The molecule has 1 aromatic rings. The monoisotopic (exact) mass is 356 g/mol. The van der Waals surface area contributed by atoms with Gasteiger partial charge in [0.1, 0.15) is 0 Å². The first kappa shape index (κ1) is 14.8. The molecule has 2 nitrogen and oxygen atoms in total. The lowest BCUT2D eigenvalue weighted by Crippen LogP contribution is -2.40. The zero-order valence-electron chi connectivity index (χ0n) is 11.7. The molecular formula is C16H22BrClN2. The van der Waals surface area contributed by atoms with Gasteiger partial charge in [-0.3, -0.25) is 4.90 Å². The Balaban J connectivity index is 1.86. The molecule has 0 bridgehead atoms. The molecule has 20 heavy (non-hydrogen) atoms. The number of fused-ring (bicyclic) bond motifs is 1. The number of nitrogens with zero attached hydrogens (tertiary/aromatic N) is 1. The number of hydrogen-bond acceptors (Lipinski definition) is 2. The van der Waals surface area contributed by atoms with E-state index in [0.717, 1.165) is 21.5 Å². The highest BCUT2D eigenvalue weighted by Crippen LogP contribution is 2.41. The molecule has 4 heteroatoms. The van der Waals surface area contributed by atoms with Gasteiger partial charge in [0.25, 0.3) is 0 Å². The van der Waals surface area contributed by atoms with E-state index in [1.165, 1.54) is 44.2 Å². The van der Waals surface area contributed by atoms with E-state index in [-0.39, 0.29) is 0 Å². The van der Waals surface area contributed by atoms with Gasteiger partial charge in [0.15, 0.2) is 0 Å². The molecule has 2 fully saturated rings. The standard InChI is InChI=1S/C16H22BrClN2/c17-14-9-12(18)5-6-13(14)16(10-19)20-8-7-11-3-1-2-4-15(11)20/h5-6,9,11,15-16H,1-4,7-8,10,19H2. The summed E-state index contributed by atoms with van der Waals surface area (Å²) in [5.41, 5.74) is 7.40. The van der Waals surface area contributed by atoms with Gasteiger partial charge in [-0.2, -0.15) is 0 Å². The van der Waals surface area contributed by atoms with Gasteiger partial charge in [0.05, 0.1) is 0 Å². The van der Waals surface area contributed by atoms with E-state index in [1.807, 2.05) is 12.1 Å². The average Bonchev–Trinajstić information content (AvgIpc) is 2.86. The van der Waals surface area contributed by atoms with Gasteiger partial charge in [0, 0.05) is 28.1 Å². The van der Waals surface area contributed by atoms with Gasteiger partial charge < -0.3 is 5.73 Å². The first-order valence-electron chi connectivity index (χ1n) is 7.61. The van der Waals surface area contributed by atoms with E-state index in [2.05, 4.69) is 26.9 Å². The van der Waals surface area contributed by atoms with Crippen molar-refractivity contribution in [2.45, 2.75) is 44.2 Å². The van der Waals surface area contributed by atoms with Crippen molar-refractivity contribution in [1.29, 1.82) is 0 Å². The Morgan fingerprint density at radius 2 is 2.10 bits per heavy atom. The van der Waals surface area contributed by atoms with Crippen LogP contribution in [0.4, 0.5) is 0 Å². The second kappa shape index (κ2) is 6.35. The zero-order valence-corrected chi connectivity index (χ0v) is 14.0. The molecule has 1 aliphatic heterocycles. The van der Waals surface area contributed by atoms with Crippen LogP contribution >= 0.6 is 27.5 Å². The minimum atomic E-state index is 0.315. The Morgan fingerprint density at radius 3 is 2.85 bits per heavy atom. The van der Waals surface area contributed by atoms with E-state index >= 15 is 0 Å². The van der Waals surface area contributed by atoms with Crippen molar-refractivity contribution >= 4 is 27.5 Å². The van der Waals surface area contributed by atoms with E-state index < -0.39 is 0 Å².